The van der Waals surface area contributed by atoms with E-state index in [0.717, 1.165) is 19.3 Å². The zero-order valence-corrected chi connectivity index (χ0v) is 10.1. The molecule has 0 spiro atoms. The number of pyridine rings is 1. The Kier molecular flexibility index (Phi) is 5.42. The fraction of sp³-hybridized carbons (Fsp3) is 0.500. The van der Waals surface area contributed by atoms with E-state index in [4.69, 9.17) is 5.73 Å². The second-order valence-electron chi connectivity index (χ2n) is 4.00. The summed E-state index contributed by atoms with van der Waals surface area (Å²) >= 11 is 0. The van der Waals surface area contributed by atoms with Gasteiger partial charge in [-0.2, -0.15) is 0 Å². The molecule has 5 heteroatoms. The van der Waals surface area contributed by atoms with Crippen LogP contribution in [0.25, 0.3) is 0 Å². The minimum Gasteiger partial charge on any atom is -0.367 e. The molecule has 1 aromatic rings. The summed E-state index contributed by atoms with van der Waals surface area (Å²) < 4.78 is 0. The van der Waals surface area contributed by atoms with Gasteiger partial charge in [-0.25, -0.2) is 0 Å². The van der Waals surface area contributed by atoms with Crippen LogP contribution in [-0.2, 0) is 0 Å². The van der Waals surface area contributed by atoms with Gasteiger partial charge in [0.15, 0.2) is 5.43 Å². The predicted octanol–water partition coefficient (Wildman–Crippen LogP) is 0.576. The third-order valence-corrected chi connectivity index (χ3v) is 2.60. The molecule has 0 bridgehead atoms. The van der Waals surface area contributed by atoms with E-state index in [1.165, 1.54) is 18.5 Å². The first-order chi connectivity index (χ1) is 8.16. The maximum atomic E-state index is 11.9. The van der Waals surface area contributed by atoms with Gasteiger partial charge in [-0.05, 0) is 19.4 Å². The lowest BCUT2D eigenvalue weighted by Gasteiger charge is -2.16. The fourth-order valence-electron chi connectivity index (χ4n) is 1.56. The standard InChI is InChI=1S/C12H19N3O2/c1-15(8-4-2-3-6-13)12(17)10-9-14-7-5-11(10)16/h5,7,9H,2-4,6,8,13H2,1H3,(H,14,16). The monoisotopic (exact) mass is 237 g/mol. The molecule has 0 fully saturated rings. The van der Waals surface area contributed by atoms with E-state index in [1.807, 2.05) is 0 Å². The van der Waals surface area contributed by atoms with E-state index in [-0.39, 0.29) is 16.9 Å². The van der Waals surface area contributed by atoms with E-state index in [1.54, 1.807) is 11.9 Å². The average Bonchev–Trinajstić information content (AvgIpc) is 2.34. The van der Waals surface area contributed by atoms with Gasteiger partial charge >= 0.3 is 0 Å². The summed E-state index contributed by atoms with van der Waals surface area (Å²) in [6.45, 7) is 1.32. The third kappa shape index (κ3) is 4.03. The summed E-state index contributed by atoms with van der Waals surface area (Å²) in [7, 11) is 1.71. The van der Waals surface area contributed by atoms with Crippen molar-refractivity contribution < 1.29 is 4.79 Å². The highest BCUT2D eigenvalue weighted by Crippen LogP contribution is 2.00. The molecule has 94 valence electrons. The van der Waals surface area contributed by atoms with Crippen molar-refractivity contribution in [1.82, 2.24) is 9.88 Å². The molecule has 0 aliphatic rings. The van der Waals surface area contributed by atoms with Crippen LogP contribution in [0.2, 0.25) is 0 Å². The quantitative estimate of drug-likeness (QED) is 0.710. The molecule has 0 aliphatic carbocycles. The molecule has 0 aromatic carbocycles. The first kappa shape index (κ1) is 13.4. The minimum atomic E-state index is -0.248. The predicted molar refractivity (Wildman–Crippen MR) is 66.9 cm³/mol. The highest BCUT2D eigenvalue weighted by Gasteiger charge is 2.13. The van der Waals surface area contributed by atoms with Crippen LogP contribution in [0.15, 0.2) is 23.3 Å². The number of aromatic amines is 1. The Hall–Kier alpha value is -1.62. The number of nitrogens with two attached hydrogens (primary N) is 1. The summed E-state index contributed by atoms with van der Waals surface area (Å²) in [6.07, 6.45) is 5.83. The molecule has 1 aromatic heterocycles. The number of rotatable bonds is 6. The number of carbonyl (C=O) groups is 1. The van der Waals surface area contributed by atoms with Crippen LogP contribution >= 0.6 is 0 Å². The largest absolute Gasteiger partial charge is 0.367 e. The van der Waals surface area contributed by atoms with E-state index < -0.39 is 0 Å². The lowest BCUT2D eigenvalue weighted by molar-refractivity contribution is 0.0791. The van der Waals surface area contributed by atoms with Crippen LogP contribution < -0.4 is 11.2 Å². The summed E-state index contributed by atoms with van der Waals surface area (Å²) in [4.78, 5) is 27.7. The number of aromatic nitrogens is 1. The number of carbonyl (C=O) groups excluding carboxylic acids is 1. The number of hydrogen-bond acceptors (Lipinski definition) is 3. The Balaban J connectivity index is 2.53. The van der Waals surface area contributed by atoms with Crippen molar-refractivity contribution in [1.29, 1.82) is 0 Å². The van der Waals surface area contributed by atoms with Gasteiger partial charge in [-0.1, -0.05) is 6.42 Å². The van der Waals surface area contributed by atoms with Gasteiger partial charge < -0.3 is 15.6 Å². The van der Waals surface area contributed by atoms with Gasteiger partial charge in [0.2, 0.25) is 0 Å². The summed E-state index contributed by atoms with van der Waals surface area (Å²) in [5, 5.41) is 0. The van der Waals surface area contributed by atoms with Crippen molar-refractivity contribution in [3.05, 3.63) is 34.2 Å². The van der Waals surface area contributed by atoms with Crippen LogP contribution in [0.3, 0.4) is 0 Å². The Bertz CT molecular complexity index is 414. The maximum absolute atomic E-state index is 11.9. The molecule has 0 aliphatic heterocycles. The summed E-state index contributed by atoms with van der Waals surface area (Å²) in [5.74, 6) is -0.236. The van der Waals surface area contributed by atoms with Crippen LogP contribution in [0, 0.1) is 0 Å². The summed E-state index contributed by atoms with van der Waals surface area (Å²) in [6, 6.07) is 1.36. The van der Waals surface area contributed by atoms with Gasteiger partial charge in [0.25, 0.3) is 5.91 Å². The van der Waals surface area contributed by atoms with E-state index in [0.29, 0.717) is 13.1 Å². The highest BCUT2D eigenvalue weighted by atomic mass is 16.2. The second-order valence-corrected chi connectivity index (χ2v) is 4.00. The minimum absolute atomic E-state index is 0.189. The number of nitrogens with zero attached hydrogens (tertiary/aromatic N) is 1. The molecule has 0 saturated heterocycles. The zero-order valence-electron chi connectivity index (χ0n) is 10.1. The number of H-pyrrole nitrogens is 1. The van der Waals surface area contributed by atoms with Crippen LogP contribution in [0.4, 0.5) is 0 Å². The average molecular weight is 237 g/mol. The fourth-order valence-corrected chi connectivity index (χ4v) is 1.56. The number of unbranched alkanes of at least 4 members (excludes halogenated alkanes) is 2. The zero-order chi connectivity index (χ0) is 12.7. The summed E-state index contributed by atoms with van der Waals surface area (Å²) in [5.41, 5.74) is 5.33. The second kappa shape index (κ2) is 6.85. The molecular weight excluding hydrogens is 218 g/mol. The lowest BCUT2D eigenvalue weighted by atomic mass is 10.2. The van der Waals surface area contributed by atoms with Gasteiger partial charge in [0.1, 0.15) is 5.56 Å². The number of amides is 1. The number of nitrogens with one attached hydrogen (secondary N) is 1. The number of hydrogen-bond donors (Lipinski definition) is 2. The first-order valence-corrected chi connectivity index (χ1v) is 5.79. The van der Waals surface area contributed by atoms with Gasteiger partial charge in [-0.15, -0.1) is 0 Å². The van der Waals surface area contributed by atoms with Crippen LogP contribution in [-0.4, -0.2) is 35.9 Å². The molecule has 0 unspecified atom stereocenters. The first-order valence-electron chi connectivity index (χ1n) is 5.79. The Morgan fingerprint density at radius 1 is 1.41 bits per heavy atom. The Morgan fingerprint density at radius 2 is 2.18 bits per heavy atom. The van der Waals surface area contributed by atoms with Gasteiger partial charge in [-0.3, -0.25) is 9.59 Å². The van der Waals surface area contributed by atoms with Crippen molar-refractivity contribution in [2.24, 2.45) is 5.73 Å². The van der Waals surface area contributed by atoms with Gasteiger partial charge in [0, 0.05) is 32.1 Å². The van der Waals surface area contributed by atoms with Crippen molar-refractivity contribution in [3.8, 4) is 0 Å². The van der Waals surface area contributed by atoms with Crippen molar-refractivity contribution >= 4 is 5.91 Å². The maximum Gasteiger partial charge on any atom is 0.259 e. The SMILES string of the molecule is CN(CCCCCN)C(=O)c1c[nH]ccc1=O. The molecule has 1 amide bonds. The molecular formula is C12H19N3O2. The van der Waals surface area contributed by atoms with Crippen LogP contribution in [0.1, 0.15) is 29.6 Å². The third-order valence-electron chi connectivity index (χ3n) is 2.60. The Labute approximate surface area is 101 Å². The highest BCUT2D eigenvalue weighted by molar-refractivity contribution is 5.93. The molecule has 17 heavy (non-hydrogen) atoms. The topological polar surface area (TPSA) is 79.2 Å². The molecule has 0 radical (unpaired) electrons. The normalized spacial score (nSPS) is 10.2. The van der Waals surface area contributed by atoms with Crippen LogP contribution in [0.5, 0.6) is 0 Å². The van der Waals surface area contributed by atoms with E-state index in [2.05, 4.69) is 4.98 Å². The lowest BCUT2D eigenvalue weighted by Crippen LogP contribution is -2.31. The van der Waals surface area contributed by atoms with Crippen molar-refractivity contribution in [2.45, 2.75) is 19.3 Å². The Morgan fingerprint density at radius 3 is 2.82 bits per heavy atom. The van der Waals surface area contributed by atoms with E-state index >= 15 is 0 Å². The molecule has 0 atom stereocenters. The van der Waals surface area contributed by atoms with Gasteiger partial charge in [0.05, 0.1) is 0 Å². The molecule has 5 nitrogen and oxygen atoms in total. The van der Waals surface area contributed by atoms with E-state index in [9.17, 15) is 9.59 Å². The molecule has 0 saturated carbocycles. The van der Waals surface area contributed by atoms with Crippen molar-refractivity contribution in [3.63, 3.8) is 0 Å². The van der Waals surface area contributed by atoms with Crippen molar-refractivity contribution in [2.75, 3.05) is 20.1 Å². The molecule has 1 rings (SSSR count). The molecule has 3 N–H and O–H groups in total. The smallest absolute Gasteiger partial charge is 0.259 e. The molecule has 1 heterocycles.